The maximum absolute atomic E-state index is 12.7. The maximum Gasteiger partial charge on any atom is 0.308 e. The van der Waals surface area contributed by atoms with Gasteiger partial charge in [0.1, 0.15) is 0 Å². The molecule has 1 heterocycles. The Hall–Kier alpha value is -2.68. The van der Waals surface area contributed by atoms with E-state index in [0.717, 1.165) is 0 Å². The minimum atomic E-state index is -5.31. The van der Waals surface area contributed by atoms with E-state index in [2.05, 4.69) is 5.32 Å². The van der Waals surface area contributed by atoms with Crippen LogP contribution in [0.1, 0.15) is 50.9 Å². The second kappa shape index (κ2) is 7.54. The van der Waals surface area contributed by atoms with Gasteiger partial charge in [-0.3, -0.25) is 29.6 Å². The number of nitro benzene ring substituents is 2. The fourth-order valence-corrected chi connectivity index (χ4v) is 4.70. The number of carbonyl (C=O) groups excluding carboxylic acids is 1. The third-order valence-corrected chi connectivity index (χ3v) is 5.87. The molecular weight excluding hydrogens is 424 g/mol. The normalized spacial score (nSPS) is 19.3. The Bertz CT molecular complexity index is 967. The van der Waals surface area contributed by atoms with Gasteiger partial charge in [-0.25, -0.2) is 0 Å². The van der Waals surface area contributed by atoms with Crippen LogP contribution in [-0.4, -0.2) is 56.1 Å². The molecule has 0 unspecified atom stereocenters. The summed E-state index contributed by atoms with van der Waals surface area (Å²) < 4.78 is 32.2. The molecule has 0 bridgehead atoms. The minimum Gasteiger partial charge on any atom is -0.349 e. The van der Waals surface area contributed by atoms with E-state index in [1.807, 2.05) is 0 Å². The fraction of sp³-hybridized carbons (Fsp3) is 0.562. The quantitative estimate of drug-likeness (QED) is 0.341. The second-order valence-electron chi connectivity index (χ2n) is 8.35. The highest BCUT2D eigenvalue weighted by Gasteiger charge is 2.45. The number of benzene rings is 1. The van der Waals surface area contributed by atoms with Crippen molar-refractivity contribution in [2.24, 2.45) is 0 Å². The van der Waals surface area contributed by atoms with E-state index in [4.69, 9.17) is 0 Å². The van der Waals surface area contributed by atoms with E-state index in [1.165, 1.54) is 5.06 Å². The number of carbonyl (C=O) groups is 1. The lowest BCUT2D eigenvalue weighted by atomic mass is 9.79. The van der Waals surface area contributed by atoms with Crippen LogP contribution in [0.25, 0.3) is 0 Å². The third-order valence-electron chi connectivity index (χ3n) is 4.94. The Kier molecular flexibility index (Phi) is 5.93. The molecule has 1 aliphatic rings. The third kappa shape index (κ3) is 4.56. The first-order valence-electron chi connectivity index (χ1n) is 8.72. The van der Waals surface area contributed by atoms with Gasteiger partial charge in [0.2, 0.25) is 4.90 Å². The summed E-state index contributed by atoms with van der Waals surface area (Å²) in [5.74, 6) is -0.897. The van der Waals surface area contributed by atoms with Crippen LogP contribution < -0.4 is 5.32 Å². The van der Waals surface area contributed by atoms with Crippen molar-refractivity contribution in [3.63, 3.8) is 0 Å². The van der Waals surface area contributed by atoms with E-state index < -0.39 is 64.8 Å². The largest absolute Gasteiger partial charge is 0.349 e. The summed E-state index contributed by atoms with van der Waals surface area (Å²) in [4.78, 5) is 31.2. The fourth-order valence-electron chi connectivity index (χ4n) is 3.91. The highest BCUT2D eigenvalue weighted by atomic mass is 32.2. The second-order valence-corrected chi connectivity index (χ2v) is 9.71. The smallest absolute Gasteiger partial charge is 0.308 e. The van der Waals surface area contributed by atoms with Crippen molar-refractivity contribution < 1.29 is 32.8 Å². The number of hydrogen-bond acceptors (Lipinski definition) is 9. The summed E-state index contributed by atoms with van der Waals surface area (Å²) in [6, 6.07) is 0.636. The Morgan fingerprint density at radius 1 is 1.10 bits per heavy atom. The first-order valence-corrected chi connectivity index (χ1v) is 10.2. The minimum absolute atomic E-state index is 0.311. The molecular formula is C16H22N4O9S. The van der Waals surface area contributed by atoms with Gasteiger partial charge in [-0.2, -0.15) is 13.5 Å². The van der Waals surface area contributed by atoms with E-state index in [9.17, 15) is 43.2 Å². The zero-order chi connectivity index (χ0) is 23.2. The van der Waals surface area contributed by atoms with Gasteiger partial charge in [0.05, 0.1) is 15.4 Å². The van der Waals surface area contributed by atoms with Gasteiger partial charge in [-0.05, 0) is 40.5 Å². The van der Waals surface area contributed by atoms with Crippen molar-refractivity contribution >= 4 is 27.4 Å². The Labute approximate surface area is 171 Å². The van der Waals surface area contributed by atoms with Crippen LogP contribution in [-0.2, 0) is 10.1 Å². The average molecular weight is 446 g/mol. The van der Waals surface area contributed by atoms with Gasteiger partial charge in [0.15, 0.2) is 0 Å². The maximum atomic E-state index is 12.7. The Balaban J connectivity index is 2.48. The van der Waals surface area contributed by atoms with E-state index in [1.54, 1.807) is 27.7 Å². The molecule has 0 radical (unpaired) electrons. The molecule has 1 aromatic carbocycles. The highest BCUT2D eigenvalue weighted by molar-refractivity contribution is 7.86. The molecule has 1 aliphatic heterocycles. The lowest BCUT2D eigenvalue weighted by Crippen LogP contribution is -2.62. The molecule has 1 amide bonds. The summed E-state index contributed by atoms with van der Waals surface area (Å²) in [6.07, 6.45) is 0.623. The molecule has 166 valence electrons. The molecule has 0 aromatic heterocycles. The molecule has 13 nitrogen and oxygen atoms in total. The van der Waals surface area contributed by atoms with Crippen molar-refractivity contribution in [3.8, 4) is 0 Å². The number of hydroxylamine groups is 2. The first kappa shape index (κ1) is 23.6. The molecule has 1 fully saturated rings. The van der Waals surface area contributed by atoms with Gasteiger partial charge >= 0.3 is 10.1 Å². The predicted octanol–water partition coefficient (Wildman–Crippen LogP) is 1.89. The molecule has 0 saturated carbocycles. The summed E-state index contributed by atoms with van der Waals surface area (Å²) in [5.41, 5.74) is -4.52. The first-order chi connectivity index (χ1) is 13.5. The van der Waals surface area contributed by atoms with E-state index in [-0.39, 0.29) is 0 Å². The van der Waals surface area contributed by atoms with Crippen molar-refractivity contribution in [2.45, 2.75) is 62.6 Å². The summed E-state index contributed by atoms with van der Waals surface area (Å²) in [6.45, 7) is 7.01. The molecule has 0 spiro atoms. The number of piperidine rings is 1. The van der Waals surface area contributed by atoms with Crippen LogP contribution in [0.3, 0.4) is 0 Å². The topological polar surface area (TPSA) is 193 Å². The summed E-state index contributed by atoms with van der Waals surface area (Å²) >= 11 is 0. The highest BCUT2D eigenvalue weighted by Crippen LogP contribution is 2.37. The molecule has 1 saturated heterocycles. The van der Waals surface area contributed by atoms with Crippen LogP contribution >= 0.6 is 0 Å². The number of amides is 1. The van der Waals surface area contributed by atoms with Crippen LogP contribution in [0, 0.1) is 20.2 Å². The summed E-state index contributed by atoms with van der Waals surface area (Å²) in [5, 5.41) is 36.6. The van der Waals surface area contributed by atoms with Gasteiger partial charge in [0.25, 0.3) is 17.3 Å². The summed E-state index contributed by atoms with van der Waals surface area (Å²) in [7, 11) is -5.31. The lowest BCUT2D eigenvalue weighted by Gasteiger charge is -2.51. The van der Waals surface area contributed by atoms with Crippen LogP contribution in [0.15, 0.2) is 17.0 Å². The van der Waals surface area contributed by atoms with Crippen molar-refractivity contribution in [1.29, 1.82) is 0 Å². The van der Waals surface area contributed by atoms with E-state index >= 15 is 0 Å². The molecule has 14 heteroatoms. The number of nitrogens with one attached hydrogen (secondary N) is 1. The van der Waals surface area contributed by atoms with Crippen LogP contribution in [0.2, 0.25) is 0 Å². The van der Waals surface area contributed by atoms with Gasteiger partial charge in [-0.15, -0.1) is 0 Å². The predicted molar refractivity (Wildman–Crippen MR) is 102 cm³/mol. The number of nitro groups is 2. The average Bonchev–Trinajstić information content (AvgIpc) is 2.56. The Morgan fingerprint density at radius 3 is 1.83 bits per heavy atom. The molecule has 2 rings (SSSR count). The molecule has 0 atom stereocenters. The van der Waals surface area contributed by atoms with Crippen LogP contribution in [0.4, 0.5) is 11.4 Å². The molecule has 1 aromatic rings. The zero-order valence-corrected chi connectivity index (χ0v) is 17.5. The Morgan fingerprint density at radius 2 is 1.50 bits per heavy atom. The van der Waals surface area contributed by atoms with Gasteiger partial charge in [0, 0.05) is 29.3 Å². The van der Waals surface area contributed by atoms with Crippen molar-refractivity contribution in [2.75, 3.05) is 0 Å². The molecule has 30 heavy (non-hydrogen) atoms. The van der Waals surface area contributed by atoms with Crippen LogP contribution in [0.5, 0.6) is 0 Å². The standard InChI is InChI=1S/C16H22N4O9S/c1-15(2)7-10(8-16(3,4)20(15)26)17-14(21)9-5-11(18(22)23)13(30(27,28)29)12(6-9)19(24)25/h5-6,10,26H,7-8H2,1-4H3,(H,17,21)(H,27,28,29). The SMILES string of the molecule is CC1(C)CC(NC(=O)c2cc([N+](=O)[O-])c(S(=O)(=O)O)c([N+](=O)[O-])c2)CC(C)(C)N1O. The zero-order valence-electron chi connectivity index (χ0n) is 16.6. The molecule has 3 N–H and O–H groups in total. The van der Waals surface area contributed by atoms with Crippen molar-refractivity contribution in [3.05, 3.63) is 37.9 Å². The number of rotatable bonds is 5. The van der Waals surface area contributed by atoms with Gasteiger partial charge in [-0.1, -0.05) is 0 Å². The number of hydrogen-bond donors (Lipinski definition) is 3. The van der Waals surface area contributed by atoms with E-state index in [0.29, 0.717) is 25.0 Å². The monoisotopic (exact) mass is 446 g/mol. The lowest BCUT2D eigenvalue weighted by molar-refractivity contribution is -0.400. The van der Waals surface area contributed by atoms with Gasteiger partial charge < -0.3 is 10.5 Å². The number of nitrogens with zero attached hydrogens (tertiary/aromatic N) is 3. The molecule has 0 aliphatic carbocycles. The van der Waals surface area contributed by atoms with Crippen molar-refractivity contribution in [1.82, 2.24) is 10.4 Å².